The fourth-order valence-electron chi connectivity index (χ4n) is 3.02. The Balaban J connectivity index is 1.75. The van der Waals surface area contributed by atoms with E-state index in [0.717, 1.165) is 37.0 Å². The van der Waals surface area contributed by atoms with Crippen LogP contribution in [0, 0.1) is 0 Å². The molecule has 2 N–H and O–H groups in total. The molecule has 0 bridgehead atoms. The molecule has 1 saturated carbocycles. The van der Waals surface area contributed by atoms with Crippen molar-refractivity contribution >= 4 is 17.5 Å². The van der Waals surface area contributed by atoms with E-state index in [1.165, 1.54) is 6.42 Å². The average molecular weight is 349 g/mol. The van der Waals surface area contributed by atoms with Crippen LogP contribution in [0.25, 0.3) is 0 Å². The number of nitrogens with zero attached hydrogens (tertiary/aromatic N) is 1. The fraction of sp³-hybridized carbons (Fsp3) is 0.286. The maximum atomic E-state index is 12.7. The second-order valence-electron chi connectivity index (χ2n) is 6.40. The minimum absolute atomic E-state index is 0.292. The highest BCUT2D eigenvalue weighted by Crippen LogP contribution is 2.16. The Morgan fingerprint density at radius 2 is 1.46 bits per heavy atom. The molecule has 134 valence electrons. The Morgan fingerprint density at radius 1 is 0.846 bits per heavy atom. The van der Waals surface area contributed by atoms with Crippen molar-refractivity contribution in [2.75, 3.05) is 0 Å². The fourth-order valence-corrected chi connectivity index (χ4v) is 3.02. The molecule has 0 aromatic heterocycles. The number of hydrogen-bond donors (Lipinski definition) is 2. The van der Waals surface area contributed by atoms with E-state index < -0.39 is 6.04 Å². The minimum atomic E-state index is -0.795. The number of rotatable bonds is 5. The van der Waals surface area contributed by atoms with Crippen LogP contribution in [0.15, 0.2) is 65.8 Å². The number of carbonyl (C=O) groups excluding carboxylic acids is 2. The summed E-state index contributed by atoms with van der Waals surface area (Å²) < 4.78 is 0. The van der Waals surface area contributed by atoms with Crippen LogP contribution in [0.3, 0.4) is 0 Å². The van der Waals surface area contributed by atoms with Crippen molar-refractivity contribution in [3.8, 4) is 0 Å². The van der Waals surface area contributed by atoms with Crippen molar-refractivity contribution in [3.63, 3.8) is 0 Å². The summed E-state index contributed by atoms with van der Waals surface area (Å²) in [7, 11) is 0. The third-order valence-corrected chi connectivity index (χ3v) is 4.46. The van der Waals surface area contributed by atoms with Crippen LogP contribution in [0.1, 0.15) is 54.1 Å². The molecule has 0 saturated heterocycles. The van der Waals surface area contributed by atoms with Crippen LogP contribution in [0.4, 0.5) is 0 Å². The Hall–Kier alpha value is -2.95. The van der Waals surface area contributed by atoms with Gasteiger partial charge < -0.3 is 5.32 Å². The lowest BCUT2D eigenvalue weighted by Crippen LogP contribution is -2.39. The van der Waals surface area contributed by atoms with Crippen molar-refractivity contribution in [1.82, 2.24) is 10.7 Å². The number of benzene rings is 2. The minimum Gasteiger partial charge on any atom is -0.336 e. The average Bonchev–Trinajstić information content (AvgIpc) is 2.72. The predicted octanol–water partition coefficient (Wildman–Crippen LogP) is 3.59. The van der Waals surface area contributed by atoms with E-state index in [1.807, 2.05) is 36.4 Å². The molecule has 0 spiro atoms. The van der Waals surface area contributed by atoms with Crippen LogP contribution < -0.4 is 10.7 Å². The summed E-state index contributed by atoms with van der Waals surface area (Å²) in [6.07, 6.45) is 5.29. The molecule has 2 aromatic carbocycles. The standard InChI is InChI=1S/C21H23N3O2/c25-20(17-12-6-2-7-13-17)22-19(16-10-4-1-5-11-16)21(26)24-23-18-14-8-3-9-15-18/h1-2,4-7,10-13,19H,3,8-9,14-15H2,(H,22,25)(H,24,26)/t19-/m1/s1. The number of carbonyl (C=O) groups is 2. The van der Waals surface area contributed by atoms with Crippen LogP contribution in [0.5, 0.6) is 0 Å². The Kier molecular flexibility index (Phi) is 6.14. The molecule has 0 radical (unpaired) electrons. The molecular formula is C21H23N3O2. The summed E-state index contributed by atoms with van der Waals surface area (Å²) >= 11 is 0. The summed E-state index contributed by atoms with van der Waals surface area (Å²) in [6.45, 7) is 0. The first-order chi connectivity index (χ1) is 12.7. The van der Waals surface area contributed by atoms with E-state index in [0.29, 0.717) is 5.56 Å². The molecule has 0 aliphatic heterocycles. The molecule has 2 amide bonds. The van der Waals surface area contributed by atoms with Gasteiger partial charge in [0.05, 0.1) is 0 Å². The summed E-state index contributed by atoms with van der Waals surface area (Å²) in [6, 6.07) is 17.3. The monoisotopic (exact) mass is 349 g/mol. The van der Waals surface area contributed by atoms with Gasteiger partial charge in [0.25, 0.3) is 11.8 Å². The first-order valence-corrected chi connectivity index (χ1v) is 9.00. The summed E-state index contributed by atoms with van der Waals surface area (Å²) in [5.41, 5.74) is 4.90. The lowest BCUT2D eigenvalue weighted by Gasteiger charge is -2.18. The van der Waals surface area contributed by atoms with E-state index in [2.05, 4.69) is 15.8 Å². The van der Waals surface area contributed by atoms with Gasteiger partial charge in [-0.2, -0.15) is 5.10 Å². The van der Waals surface area contributed by atoms with Crippen LogP contribution in [-0.4, -0.2) is 17.5 Å². The van der Waals surface area contributed by atoms with E-state index >= 15 is 0 Å². The maximum absolute atomic E-state index is 12.7. The number of amides is 2. The Labute approximate surface area is 153 Å². The molecule has 0 heterocycles. The third-order valence-electron chi connectivity index (χ3n) is 4.46. The zero-order chi connectivity index (χ0) is 18.2. The predicted molar refractivity (Wildman–Crippen MR) is 102 cm³/mol. The first kappa shape index (κ1) is 17.9. The molecule has 2 aromatic rings. The molecule has 1 aliphatic rings. The van der Waals surface area contributed by atoms with Gasteiger partial charge in [0.15, 0.2) is 0 Å². The van der Waals surface area contributed by atoms with E-state index in [9.17, 15) is 9.59 Å². The van der Waals surface area contributed by atoms with Gasteiger partial charge >= 0.3 is 0 Å². The highest BCUT2D eigenvalue weighted by molar-refractivity contribution is 5.98. The quantitative estimate of drug-likeness (QED) is 0.810. The summed E-state index contributed by atoms with van der Waals surface area (Å²) in [4.78, 5) is 25.2. The largest absolute Gasteiger partial charge is 0.336 e. The van der Waals surface area contributed by atoms with Crippen molar-refractivity contribution in [2.45, 2.75) is 38.1 Å². The second-order valence-corrected chi connectivity index (χ2v) is 6.40. The lowest BCUT2D eigenvalue weighted by molar-refractivity contribution is -0.123. The van der Waals surface area contributed by atoms with Crippen LogP contribution >= 0.6 is 0 Å². The van der Waals surface area contributed by atoms with Crippen molar-refractivity contribution < 1.29 is 9.59 Å². The SMILES string of the molecule is O=C(N[C@@H](C(=O)NN=C1CCCCC1)c1ccccc1)c1ccccc1. The molecule has 5 heteroatoms. The molecule has 26 heavy (non-hydrogen) atoms. The van der Waals surface area contributed by atoms with Crippen molar-refractivity contribution in [3.05, 3.63) is 71.8 Å². The van der Waals surface area contributed by atoms with Gasteiger partial charge in [-0.25, -0.2) is 5.43 Å². The second kappa shape index (κ2) is 8.94. The Bertz CT molecular complexity index is 764. The Morgan fingerprint density at radius 3 is 2.12 bits per heavy atom. The molecular weight excluding hydrogens is 326 g/mol. The topological polar surface area (TPSA) is 70.6 Å². The third kappa shape index (κ3) is 4.79. The van der Waals surface area contributed by atoms with Crippen LogP contribution in [0.2, 0.25) is 0 Å². The smallest absolute Gasteiger partial charge is 0.267 e. The molecule has 1 fully saturated rings. The van der Waals surface area contributed by atoms with E-state index in [-0.39, 0.29) is 11.8 Å². The first-order valence-electron chi connectivity index (χ1n) is 9.00. The van der Waals surface area contributed by atoms with E-state index in [1.54, 1.807) is 24.3 Å². The zero-order valence-corrected chi connectivity index (χ0v) is 14.7. The van der Waals surface area contributed by atoms with Crippen molar-refractivity contribution in [1.29, 1.82) is 0 Å². The molecule has 5 nitrogen and oxygen atoms in total. The van der Waals surface area contributed by atoms with Gasteiger partial charge in [-0.1, -0.05) is 55.0 Å². The zero-order valence-electron chi connectivity index (χ0n) is 14.7. The van der Waals surface area contributed by atoms with Crippen LogP contribution in [-0.2, 0) is 4.79 Å². The maximum Gasteiger partial charge on any atom is 0.267 e. The van der Waals surface area contributed by atoms with E-state index in [4.69, 9.17) is 0 Å². The number of hydrogen-bond acceptors (Lipinski definition) is 3. The van der Waals surface area contributed by atoms with Gasteiger partial charge in [0.1, 0.15) is 6.04 Å². The molecule has 3 rings (SSSR count). The van der Waals surface area contributed by atoms with Gasteiger partial charge in [-0.15, -0.1) is 0 Å². The summed E-state index contributed by atoms with van der Waals surface area (Å²) in [5, 5.41) is 7.09. The number of hydrazone groups is 1. The highest BCUT2D eigenvalue weighted by Gasteiger charge is 2.23. The normalized spacial score (nSPS) is 15.0. The molecule has 1 aliphatic carbocycles. The lowest BCUT2D eigenvalue weighted by atomic mass is 9.99. The van der Waals surface area contributed by atoms with Gasteiger partial charge in [-0.3, -0.25) is 9.59 Å². The van der Waals surface area contributed by atoms with Gasteiger partial charge in [-0.05, 0) is 43.4 Å². The summed E-state index contributed by atoms with van der Waals surface area (Å²) in [5.74, 6) is -0.626. The van der Waals surface area contributed by atoms with Gasteiger partial charge in [0.2, 0.25) is 0 Å². The molecule has 1 atom stereocenters. The van der Waals surface area contributed by atoms with Gasteiger partial charge in [0, 0.05) is 11.3 Å². The number of nitrogens with one attached hydrogen (secondary N) is 2. The molecule has 0 unspecified atom stereocenters. The van der Waals surface area contributed by atoms with Crippen molar-refractivity contribution in [2.24, 2.45) is 5.10 Å². The highest BCUT2D eigenvalue weighted by atomic mass is 16.2.